The van der Waals surface area contributed by atoms with Crippen LogP contribution in [0.2, 0.25) is 0 Å². The summed E-state index contributed by atoms with van der Waals surface area (Å²) < 4.78 is 25.9. The van der Waals surface area contributed by atoms with Crippen LogP contribution in [0.1, 0.15) is 17.3 Å². The largest absolute Gasteiger partial charge is 0.386 e. The van der Waals surface area contributed by atoms with Crippen LogP contribution in [0.4, 0.5) is 8.78 Å². The Balaban J connectivity index is 2.16. The molecule has 0 aliphatic carbocycles. The second-order valence-electron chi connectivity index (χ2n) is 4.28. The van der Waals surface area contributed by atoms with Gasteiger partial charge in [0.1, 0.15) is 11.6 Å². The summed E-state index contributed by atoms with van der Waals surface area (Å²) in [5, 5.41) is 9.45. The van der Waals surface area contributed by atoms with E-state index in [1.807, 2.05) is 0 Å². The van der Waals surface area contributed by atoms with Crippen LogP contribution in [0.5, 0.6) is 0 Å². The van der Waals surface area contributed by atoms with Gasteiger partial charge in [-0.1, -0.05) is 0 Å². The van der Waals surface area contributed by atoms with E-state index in [4.69, 9.17) is 0 Å². The number of aliphatic hydroxyl groups is 1. The Labute approximate surface area is 91.3 Å². The molecule has 3 nitrogen and oxygen atoms in total. The average molecular weight is 227 g/mol. The van der Waals surface area contributed by atoms with Gasteiger partial charge in [-0.2, -0.15) is 0 Å². The number of hydrogen-bond acceptors (Lipinski definition) is 2. The highest BCUT2D eigenvalue weighted by molar-refractivity contribution is 5.95. The fourth-order valence-electron chi connectivity index (χ4n) is 1.75. The highest BCUT2D eigenvalue weighted by Crippen LogP contribution is 2.23. The zero-order valence-corrected chi connectivity index (χ0v) is 8.70. The molecular weight excluding hydrogens is 216 g/mol. The maximum atomic E-state index is 13.3. The minimum Gasteiger partial charge on any atom is -0.386 e. The van der Waals surface area contributed by atoms with E-state index < -0.39 is 23.1 Å². The smallest absolute Gasteiger partial charge is 0.257 e. The van der Waals surface area contributed by atoms with Crippen molar-refractivity contribution in [1.82, 2.24) is 4.90 Å². The first kappa shape index (κ1) is 11.0. The molecule has 1 N–H and O–H groups in total. The lowest BCUT2D eigenvalue weighted by molar-refractivity contribution is -0.0670. The molecule has 16 heavy (non-hydrogen) atoms. The van der Waals surface area contributed by atoms with Crippen molar-refractivity contribution in [2.75, 3.05) is 13.1 Å². The molecule has 0 unspecified atom stereocenters. The lowest BCUT2D eigenvalue weighted by atomic mass is 9.96. The van der Waals surface area contributed by atoms with E-state index in [1.54, 1.807) is 6.92 Å². The molecule has 1 aliphatic heterocycles. The van der Waals surface area contributed by atoms with E-state index in [1.165, 1.54) is 4.90 Å². The number of benzene rings is 1. The number of likely N-dealkylation sites (tertiary alicyclic amines) is 1. The summed E-state index contributed by atoms with van der Waals surface area (Å²) in [5.41, 5.74) is -1.07. The van der Waals surface area contributed by atoms with Crippen molar-refractivity contribution in [3.63, 3.8) is 0 Å². The van der Waals surface area contributed by atoms with Crippen molar-refractivity contribution in [3.8, 4) is 0 Å². The molecule has 1 heterocycles. The van der Waals surface area contributed by atoms with Crippen LogP contribution in [0.3, 0.4) is 0 Å². The van der Waals surface area contributed by atoms with Gasteiger partial charge in [0.05, 0.1) is 24.3 Å². The van der Waals surface area contributed by atoms with Gasteiger partial charge in [-0.25, -0.2) is 8.78 Å². The summed E-state index contributed by atoms with van der Waals surface area (Å²) in [5.74, 6) is -2.12. The third kappa shape index (κ3) is 1.90. The Hall–Kier alpha value is -1.49. The average Bonchev–Trinajstić information content (AvgIpc) is 2.13. The predicted octanol–water partition coefficient (Wildman–Crippen LogP) is 1.17. The molecule has 0 radical (unpaired) electrons. The molecule has 0 saturated carbocycles. The number of β-amino-alcohol motifs (C(OH)–C–C–N with tert-alkyl or cyclic N) is 1. The maximum absolute atomic E-state index is 13.3. The summed E-state index contributed by atoms with van der Waals surface area (Å²) in [4.78, 5) is 13.0. The predicted molar refractivity (Wildman–Crippen MR) is 52.9 cm³/mol. The molecular formula is C11H11F2NO2. The van der Waals surface area contributed by atoms with Gasteiger partial charge in [0.2, 0.25) is 0 Å². The van der Waals surface area contributed by atoms with Crippen LogP contribution >= 0.6 is 0 Å². The van der Waals surface area contributed by atoms with Crippen LogP contribution < -0.4 is 0 Å². The number of amides is 1. The number of carbonyl (C=O) groups is 1. The fourth-order valence-corrected chi connectivity index (χ4v) is 1.75. The number of carbonyl (C=O) groups excluding carboxylic acids is 1. The van der Waals surface area contributed by atoms with Gasteiger partial charge in [-0.3, -0.25) is 4.79 Å². The van der Waals surface area contributed by atoms with Crippen molar-refractivity contribution < 1.29 is 18.7 Å². The number of rotatable bonds is 1. The Morgan fingerprint density at radius 3 is 2.56 bits per heavy atom. The molecule has 0 bridgehead atoms. The molecule has 2 rings (SSSR count). The Morgan fingerprint density at radius 1 is 1.44 bits per heavy atom. The summed E-state index contributed by atoms with van der Waals surface area (Å²) in [7, 11) is 0. The van der Waals surface area contributed by atoms with E-state index in [2.05, 4.69) is 0 Å². The molecule has 0 spiro atoms. The van der Waals surface area contributed by atoms with Gasteiger partial charge in [0.15, 0.2) is 0 Å². The van der Waals surface area contributed by atoms with Gasteiger partial charge in [0, 0.05) is 6.07 Å². The first-order chi connectivity index (χ1) is 7.39. The number of nitrogens with zero attached hydrogens (tertiary/aromatic N) is 1. The molecule has 1 saturated heterocycles. The lowest BCUT2D eigenvalue weighted by Crippen LogP contribution is -2.61. The van der Waals surface area contributed by atoms with Crippen LogP contribution in [-0.2, 0) is 0 Å². The molecule has 5 heteroatoms. The molecule has 1 aromatic rings. The van der Waals surface area contributed by atoms with Crippen LogP contribution in [0.15, 0.2) is 18.2 Å². The zero-order valence-electron chi connectivity index (χ0n) is 8.70. The molecule has 0 atom stereocenters. The molecule has 1 fully saturated rings. The van der Waals surface area contributed by atoms with Gasteiger partial charge >= 0.3 is 0 Å². The lowest BCUT2D eigenvalue weighted by Gasteiger charge is -2.44. The van der Waals surface area contributed by atoms with E-state index in [-0.39, 0.29) is 18.7 Å². The number of halogens is 2. The summed E-state index contributed by atoms with van der Waals surface area (Å²) in [6.45, 7) is 1.93. The molecule has 1 aromatic carbocycles. The van der Waals surface area contributed by atoms with Crippen molar-refractivity contribution in [2.24, 2.45) is 0 Å². The number of hydrogen-bond donors (Lipinski definition) is 1. The van der Waals surface area contributed by atoms with Crippen LogP contribution in [0.25, 0.3) is 0 Å². The minimum absolute atomic E-state index is 0.169. The van der Waals surface area contributed by atoms with Crippen LogP contribution in [-0.4, -0.2) is 34.6 Å². The summed E-state index contributed by atoms with van der Waals surface area (Å²) in [6, 6.07) is 2.82. The van der Waals surface area contributed by atoms with Crippen LogP contribution in [0, 0.1) is 11.6 Å². The third-order valence-corrected chi connectivity index (χ3v) is 2.51. The maximum Gasteiger partial charge on any atom is 0.257 e. The fraction of sp³-hybridized carbons (Fsp3) is 0.364. The van der Waals surface area contributed by atoms with E-state index >= 15 is 0 Å². The zero-order chi connectivity index (χ0) is 11.9. The summed E-state index contributed by atoms with van der Waals surface area (Å²) in [6.07, 6.45) is 0. The Morgan fingerprint density at radius 2 is 2.06 bits per heavy atom. The minimum atomic E-state index is -0.897. The van der Waals surface area contributed by atoms with Crippen molar-refractivity contribution in [1.29, 1.82) is 0 Å². The van der Waals surface area contributed by atoms with Gasteiger partial charge in [-0.15, -0.1) is 0 Å². The second kappa shape index (κ2) is 3.52. The van der Waals surface area contributed by atoms with E-state index in [0.717, 1.165) is 12.1 Å². The Bertz CT molecular complexity index is 438. The van der Waals surface area contributed by atoms with E-state index in [0.29, 0.717) is 6.07 Å². The second-order valence-corrected chi connectivity index (χ2v) is 4.28. The normalized spacial score (nSPS) is 18.1. The molecule has 0 aromatic heterocycles. The Kier molecular flexibility index (Phi) is 2.42. The first-order valence-electron chi connectivity index (χ1n) is 4.86. The SMILES string of the molecule is CC1(O)CN(C(=O)c2ccc(F)cc2F)C1. The molecule has 1 amide bonds. The standard InChI is InChI=1S/C11H11F2NO2/c1-11(16)5-14(6-11)10(15)8-3-2-7(12)4-9(8)13/h2-4,16H,5-6H2,1H3. The van der Waals surface area contributed by atoms with Crippen molar-refractivity contribution in [3.05, 3.63) is 35.4 Å². The van der Waals surface area contributed by atoms with Crippen molar-refractivity contribution >= 4 is 5.91 Å². The molecule has 86 valence electrons. The summed E-state index contributed by atoms with van der Waals surface area (Å²) >= 11 is 0. The van der Waals surface area contributed by atoms with Gasteiger partial charge < -0.3 is 10.0 Å². The first-order valence-corrected chi connectivity index (χ1v) is 4.86. The van der Waals surface area contributed by atoms with Gasteiger partial charge in [-0.05, 0) is 19.1 Å². The monoisotopic (exact) mass is 227 g/mol. The topological polar surface area (TPSA) is 40.5 Å². The van der Waals surface area contributed by atoms with Gasteiger partial charge in [0.25, 0.3) is 5.91 Å². The van der Waals surface area contributed by atoms with E-state index in [9.17, 15) is 18.7 Å². The molecule has 1 aliphatic rings. The third-order valence-electron chi connectivity index (χ3n) is 2.51. The quantitative estimate of drug-likeness (QED) is 0.782. The highest BCUT2D eigenvalue weighted by atomic mass is 19.1. The highest BCUT2D eigenvalue weighted by Gasteiger charge is 2.40. The van der Waals surface area contributed by atoms with Crippen molar-refractivity contribution in [2.45, 2.75) is 12.5 Å².